The highest BCUT2D eigenvalue weighted by Gasteiger charge is 2.32. The molecule has 1 aliphatic heterocycles. The fraction of sp³-hybridized carbons (Fsp3) is 0.750. The number of rotatable bonds is 10. The molecule has 0 aromatic carbocycles. The Morgan fingerprint density at radius 2 is 1.78 bits per heavy atom. The van der Waals surface area contributed by atoms with Crippen molar-refractivity contribution < 1.29 is 29.4 Å². The number of aliphatic hydroxyl groups excluding tert-OH is 1. The number of hydrogen-bond donors (Lipinski definition) is 7. The van der Waals surface area contributed by atoms with Gasteiger partial charge in [-0.3, -0.25) is 14.4 Å². The second-order valence-electron chi connectivity index (χ2n) is 6.70. The summed E-state index contributed by atoms with van der Waals surface area (Å²) in [5, 5.41) is 28.7. The number of carboxylic acids is 1. The zero-order chi connectivity index (χ0) is 20.6. The molecule has 0 spiro atoms. The molecule has 11 heteroatoms. The molecule has 0 aromatic rings. The molecule has 1 heterocycles. The average Bonchev–Trinajstić information content (AvgIpc) is 3.15. The van der Waals surface area contributed by atoms with Gasteiger partial charge >= 0.3 is 5.97 Å². The summed E-state index contributed by atoms with van der Waals surface area (Å²) in [4.78, 5) is 47.9. The average molecular weight is 404 g/mol. The van der Waals surface area contributed by atoms with Gasteiger partial charge in [-0.15, -0.1) is 0 Å². The lowest BCUT2D eigenvalue weighted by Gasteiger charge is -2.26. The van der Waals surface area contributed by atoms with Crippen molar-refractivity contribution in [3.8, 4) is 0 Å². The number of carbonyl (C=O) groups is 4. The van der Waals surface area contributed by atoms with E-state index in [2.05, 4.69) is 33.9 Å². The maximum atomic E-state index is 12.4. The van der Waals surface area contributed by atoms with Crippen molar-refractivity contribution >= 4 is 36.3 Å². The van der Waals surface area contributed by atoms with Gasteiger partial charge in [0.2, 0.25) is 17.7 Å². The van der Waals surface area contributed by atoms with E-state index in [1.54, 1.807) is 13.8 Å². The molecular weight excluding hydrogens is 376 g/mol. The second kappa shape index (κ2) is 11.1. The van der Waals surface area contributed by atoms with Crippen LogP contribution < -0.4 is 21.3 Å². The van der Waals surface area contributed by atoms with Crippen molar-refractivity contribution in [1.29, 1.82) is 0 Å². The first-order valence-corrected chi connectivity index (χ1v) is 9.43. The number of aliphatic hydroxyl groups is 1. The standard InChI is InChI=1S/C16H28N4O6S/c1-8(2)12(15(24)19-11(7-27)16(25)26)20-14(23)10(6-21)18-13(22)9-4-3-5-17-9/h8-12,17,21,27H,3-7H2,1-2H3,(H,18,22)(H,19,24)(H,20,23)(H,25,26). The highest BCUT2D eigenvalue weighted by molar-refractivity contribution is 7.80. The summed E-state index contributed by atoms with van der Waals surface area (Å²) >= 11 is 3.88. The van der Waals surface area contributed by atoms with E-state index in [9.17, 15) is 24.3 Å². The van der Waals surface area contributed by atoms with Crippen LogP contribution in [0.1, 0.15) is 26.7 Å². The third kappa shape index (κ3) is 7.00. The van der Waals surface area contributed by atoms with Crippen LogP contribution in [0.4, 0.5) is 0 Å². The Labute approximate surface area is 163 Å². The predicted molar refractivity (Wildman–Crippen MR) is 100 cm³/mol. The summed E-state index contributed by atoms with van der Waals surface area (Å²) in [5.74, 6) is -3.50. The quantitative estimate of drug-likeness (QED) is 0.205. The monoisotopic (exact) mass is 404 g/mol. The van der Waals surface area contributed by atoms with Crippen LogP contribution in [0.3, 0.4) is 0 Å². The molecule has 154 valence electrons. The number of nitrogens with one attached hydrogen (secondary N) is 4. The van der Waals surface area contributed by atoms with E-state index < -0.39 is 54.5 Å². The number of aliphatic carboxylic acids is 1. The maximum absolute atomic E-state index is 12.4. The van der Waals surface area contributed by atoms with Crippen LogP contribution in [0.15, 0.2) is 0 Å². The molecule has 1 fully saturated rings. The van der Waals surface area contributed by atoms with Crippen LogP contribution in [-0.2, 0) is 19.2 Å². The van der Waals surface area contributed by atoms with Crippen molar-refractivity contribution in [1.82, 2.24) is 21.3 Å². The summed E-state index contributed by atoms with van der Waals surface area (Å²) in [6.07, 6.45) is 1.49. The molecule has 4 atom stereocenters. The van der Waals surface area contributed by atoms with E-state index in [0.29, 0.717) is 13.0 Å². The largest absolute Gasteiger partial charge is 0.480 e. The zero-order valence-corrected chi connectivity index (χ0v) is 16.3. The zero-order valence-electron chi connectivity index (χ0n) is 15.4. The van der Waals surface area contributed by atoms with Crippen LogP contribution in [0.5, 0.6) is 0 Å². The molecule has 0 radical (unpaired) electrons. The van der Waals surface area contributed by atoms with Gasteiger partial charge in [-0.05, 0) is 25.3 Å². The molecule has 1 saturated heterocycles. The first-order chi connectivity index (χ1) is 12.7. The lowest BCUT2D eigenvalue weighted by Crippen LogP contribution is -2.59. The number of carboxylic acid groups (broad SMARTS) is 1. The van der Waals surface area contributed by atoms with E-state index in [1.807, 2.05) is 0 Å². The number of amides is 3. The molecule has 10 nitrogen and oxygen atoms in total. The smallest absolute Gasteiger partial charge is 0.327 e. The van der Waals surface area contributed by atoms with Crippen molar-refractivity contribution in [2.45, 2.75) is 50.9 Å². The number of hydrogen-bond acceptors (Lipinski definition) is 7. The molecule has 6 N–H and O–H groups in total. The lowest BCUT2D eigenvalue weighted by atomic mass is 10.0. The Morgan fingerprint density at radius 1 is 1.11 bits per heavy atom. The van der Waals surface area contributed by atoms with E-state index >= 15 is 0 Å². The van der Waals surface area contributed by atoms with E-state index in [1.165, 1.54) is 0 Å². The highest BCUT2D eigenvalue weighted by Crippen LogP contribution is 2.06. The molecular formula is C16H28N4O6S. The van der Waals surface area contributed by atoms with Crippen molar-refractivity contribution in [3.05, 3.63) is 0 Å². The minimum Gasteiger partial charge on any atom is -0.480 e. The summed E-state index contributed by atoms with van der Waals surface area (Å²) in [7, 11) is 0. The minimum atomic E-state index is -1.24. The third-order valence-corrected chi connectivity index (χ3v) is 4.60. The fourth-order valence-electron chi connectivity index (χ4n) is 2.61. The van der Waals surface area contributed by atoms with Crippen LogP contribution >= 0.6 is 12.6 Å². The molecule has 0 saturated carbocycles. The van der Waals surface area contributed by atoms with Crippen molar-refractivity contribution in [3.63, 3.8) is 0 Å². The van der Waals surface area contributed by atoms with Crippen molar-refractivity contribution in [2.24, 2.45) is 5.92 Å². The Hall–Kier alpha value is -1.85. The van der Waals surface area contributed by atoms with Crippen molar-refractivity contribution in [2.75, 3.05) is 18.9 Å². The first kappa shape index (κ1) is 23.2. The molecule has 0 aromatic heterocycles. The first-order valence-electron chi connectivity index (χ1n) is 8.80. The number of thiol groups is 1. The van der Waals surface area contributed by atoms with Gasteiger partial charge in [0.25, 0.3) is 0 Å². The Balaban J connectivity index is 2.72. The third-order valence-electron chi connectivity index (χ3n) is 4.24. The topological polar surface area (TPSA) is 157 Å². The van der Waals surface area contributed by atoms with Gasteiger partial charge in [0.1, 0.15) is 18.1 Å². The second-order valence-corrected chi connectivity index (χ2v) is 7.07. The Morgan fingerprint density at radius 3 is 2.22 bits per heavy atom. The predicted octanol–water partition coefficient (Wildman–Crippen LogP) is -2.14. The van der Waals surface area contributed by atoms with Gasteiger partial charge in [0.05, 0.1) is 12.6 Å². The molecule has 4 unspecified atom stereocenters. The van der Waals surface area contributed by atoms with Gasteiger partial charge in [0.15, 0.2) is 0 Å². The van der Waals surface area contributed by atoms with Crippen LogP contribution in [0.25, 0.3) is 0 Å². The summed E-state index contributed by atoms with van der Waals surface area (Å²) < 4.78 is 0. The SMILES string of the molecule is CC(C)C(NC(=O)C(CO)NC(=O)C1CCCN1)C(=O)NC(CS)C(=O)O. The number of carbonyl (C=O) groups excluding carboxylic acids is 3. The highest BCUT2D eigenvalue weighted by atomic mass is 32.1. The van der Waals surface area contributed by atoms with Crippen LogP contribution in [-0.4, -0.2) is 77.0 Å². The minimum absolute atomic E-state index is 0.108. The van der Waals surface area contributed by atoms with E-state index in [0.717, 1.165) is 6.42 Å². The molecule has 0 bridgehead atoms. The fourth-order valence-corrected chi connectivity index (χ4v) is 2.86. The van der Waals surface area contributed by atoms with Gasteiger partial charge < -0.3 is 31.5 Å². The molecule has 0 aliphatic carbocycles. The van der Waals surface area contributed by atoms with E-state index in [4.69, 9.17) is 5.11 Å². The van der Waals surface area contributed by atoms with Gasteiger partial charge in [-0.25, -0.2) is 4.79 Å². The van der Waals surface area contributed by atoms with Crippen LogP contribution in [0.2, 0.25) is 0 Å². The summed E-state index contributed by atoms with van der Waals surface area (Å²) in [6.45, 7) is 3.43. The lowest BCUT2D eigenvalue weighted by molar-refractivity contribution is -0.142. The molecule has 27 heavy (non-hydrogen) atoms. The normalized spacial score (nSPS) is 19.8. The van der Waals surface area contributed by atoms with Gasteiger partial charge in [0, 0.05) is 5.75 Å². The summed E-state index contributed by atoms with van der Waals surface area (Å²) in [5.41, 5.74) is 0. The Bertz CT molecular complexity index is 553. The summed E-state index contributed by atoms with van der Waals surface area (Å²) in [6, 6.07) is -3.85. The van der Waals surface area contributed by atoms with Crippen LogP contribution in [0, 0.1) is 5.92 Å². The molecule has 1 aliphatic rings. The molecule has 1 rings (SSSR count). The van der Waals surface area contributed by atoms with Gasteiger partial charge in [-0.2, -0.15) is 12.6 Å². The van der Waals surface area contributed by atoms with E-state index in [-0.39, 0.29) is 11.7 Å². The maximum Gasteiger partial charge on any atom is 0.327 e. The van der Waals surface area contributed by atoms with Gasteiger partial charge in [-0.1, -0.05) is 13.8 Å². The molecule has 3 amide bonds. The Kier molecular flexibility index (Phi) is 9.53.